The number of sulfonamides is 1. The molecule has 224 valence electrons. The average Bonchev–Trinajstić information content (AvgIpc) is 3.03. The first-order chi connectivity index (χ1) is 20.6. The molecule has 0 saturated heterocycles. The van der Waals surface area contributed by atoms with E-state index < -0.39 is 34.4 Å². The number of aromatic nitrogens is 1. The number of benzene rings is 3. The molecule has 0 spiro atoms. The van der Waals surface area contributed by atoms with E-state index in [2.05, 4.69) is 15.0 Å². The lowest BCUT2D eigenvalue weighted by Crippen LogP contribution is -2.48. The number of amides is 2. The molecule has 0 saturated carbocycles. The van der Waals surface area contributed by atoms with E-state index in [4.69, 9.17) is 9.47 Å². The van der Waals surface area contributed by atoms with Crippen LogP contribution < -0.4 is 19.5 Å². The van der Waals surface area contributed by atoms with Gasteiger partial charge in [-0.3, -0.25) is 19.3 Å². The fourth-order valence-corrected chi connectivity index (χ4v) is 5.08. The fraction of sp³-hybridized carbons (Fsp3) is 0.194. The molecule has 0 bridgehead atoms. The molecular weight excluding hydrogens is 575 g/mol. The van der Waals surface area contributed by atoms with E-state index in [1.165, 1.54) is 41.3 Å². The average molecular weight is 607 g/mol. The van der Waals surface area contributed by atoms with Gasteiger partial charge in [0.1, 0.15) is 23.4 Å². The molecule has 10 nitrogen and oxygen atoms in total. The summed E-state index contributed by atoms with van der Waals surface area (Å²) in [6.07, 6.45) is 3.29. The van der Waals surface area contributed by atoms with Gasteiger partial charge in [0, 0.05) is 31.2 Å². The normalized spacial score (nSPS) is 11.7. The Balaban J connectivity index is 1.42. The van der Waals surface area contributed by atoms with Crippen LogP contribution in [-0.4, -0.2) is 49.9 Å². The summed E-state index contributed by atoms with van der Waals surface area (Å²) in [5, 5.41) is 2.84. The van der Waals surface area contributed by atoms with Crippen molar-refractivity contribution in [2.75, 3.05) is 18.4 Å². The number of hydrogen-bond acceptors (Lipinski definition) is 7. The Morgan fingerprint density at radius 3 is 2.23 bits per heavy atom. The number of halogens is 1. The van der Waals surface area contributed by atoms with E-state index in [9.17, 15) is 22.4 Å². The molecule has 3 aromatic carbocycles. The maximum absolute atomic E-state index is 13.4. The molecule has 12 heteroatoms. The number of rotatable bonds is 13. The highest BCUT2D eigenvalue weighted by Crippen LogP contribution is 2.20. The van der Waals surface area contributed by atoms with Crippen molar-refractivity contribution in [3.8, 4) is 11.5 Å². The van der Waals surface area contributed by atoms with Gasteiger partial charge >= 0.3 is 0 Å². The minimum Gasteiger partial charge on any atom is -0.497 e. The van der Waals surface area contributed by atoms with Gasteiger partial charge in [-0.15, -0.1) is 0 Å². The van der Waals surface area contributed by atoms with Crippen molar-refractivity contribution in [3.05, 3.63) is 114 Å². The summed E-state index contributed by atoms with van der Waals surface area (Å²) in [6, 6.07) is 20.3. The third-order valence-corrected chi connectivity index (χ3v) is 7.86. The first-order valence-electron chi connectivity index (χ1n) is 13.2. The zero-order valence-corrected chi connectivity index (χ0v) is 24.4. The van der Waals surface area contributed by atoms with Gasteiger partial charge in [0.05, 0.1) is 12.0 Å². The quantitative estimate of drug-likeness (QED) is 0.234. The molecule has 0 unspecified atom stereocenters. The van der Waals surface area contributed by atoms with Crippen LogP contribution in [0.4, 0.5) is 10.1 Å². The highest BCUT2D eigenvalue weighted by atomic mass is 32.2. The van der Waals surface area contributed by atoms with E-state index in [0.717, 1.165) is 23.3 Å². The van der Waals surface area contributed by atoms with Crippen LogP contribution in [0.25, 0.3) is 0 Å². The molecule has 2 N–H and O–H groups in total. The number of anilines is 1. The Labute approximate surface area is 249 Å². The summed E-state index contributed by atoms with van der Waals surface area (Å²) >= 11 is 0. The first kappa shape index (κ1) is 31.0. The van der Waals surface area contributed by atoms with Gasteiger partial charge in [0.2, 0.25) is 5.91 Å². The Kier molecular flexibility index (Phi) is 10.3. The van der Waals surface area contributed by atoms with Crippen molar-refractivity contribution in [2.45, 2.75) is 31.0 Å². The second-order valence-corrected chi connectivity index (χ2v) is 11.2. The number of methoxy groups -OCH3 is 1. The molecule has 43 heavy (non-hydrogen) atoms. The molecule has 0 radical (unpaired) electrons. The van der Waals surface area contributed by atoms with Crippen LogP contribution in [0.5, 0.6) is 11.5 Å². The molecule has 4 aromatic rings. The third kappa shape index (κ3) is 8.76. The number of carbonyl (C=O) groups is 2. The van der Waals surface area contributed by atoms with Crippen LogP contribution in [0, 0.1) is 5.82 Å². The van der Waals surface area contributed by atoms with Gasteiger partial charge in [0.15, 0.2) is 6.61 Å². The van der Waals surface area contributed by atoms with Crippen LogP contribution in [0.1, 0.15) is 18.1 Å². The Morgan fingerprint density at radius 2 is 1.60 bits per heavy atom. The van der Waals surface area contributed by atoms with E-state index in [1.54, 1.807) is 56.8 Å². The Bertz CT molecular complexity index is 1620. The van der Waals surface area contributed by atoms with Gasteiger partial charge < -0.3 is 19.7 Å². The number of carbonyl (C=O) groups excluding carboxylic acids is 2. The predicted octanol–water partition coefficient (Wildman–Crippen LogP) is 4.14. The maximum Gasteiger partial charge on any atom is 0.261 e. The predicted molar refractivity (Wildman–Crippen MR) is 158 cm³/mol. The molecule has 0 aliphatic heterocycles. The summed E-state index contributed by atoms with van der Waals surface area (Å²) in [5.74, 6) is -0.373. The molecule has 4 rings (SSSR count). The maximum atomic E-state index is 13.4. The number of hydrogen-bond donors (Lipinski definition) is 2. The third-order valence-electron chi connectivity index (χ3n) is 6.46. The van der Waals surface area contributed by atoms with Gasteiger partial charge in [0.25, 0.3) is 15.9 Å². The Hall–Kier alpha value is -4.97. The van der Waals surface area contributed by atoms with Crippen LogP contribution in [-0.2, 0) is 32.7 Å². The molecular formula is C31H31FN4O6S. The lowest BCUT2D eigenvalue weighted by molar-refractivity contribution is -0.142. The highest BCUT2D eigenvalue weighted by Gasteiger charge is 2.26. The van der Waals surface area contributed by atoms with Crippen molar-refractivity contribution < 1.29 is 31.9 Å². The van der Waals surface area contributed by atoms with Gasteiger partial charge in [-0.05, 0) is 84.8 Å². The molecule has 0 aliphatic carbocycles. The van der Waals surface area contributed by atoms with Crippen molar-refractivity contribution in [3.63, 3.8) is 0 Å². The second kappa shape index (κ2) is 14.3. The zero-order valence-electron chi connectivity index (χ0n) is 23.6. The zero-order chi connectivity index (χ0) is 30.8. The van der Waals surface area contributed by atoms with Gasteiger partial charge in [-0.2, -0.15) is 0 Å². The summed E-state index contributed by atoms with van der Waals surface area (Å²) in [6.45, 7) is 1.63. The lowest BCUT2D eigenvalue weighted by atomic mass is 10.1. The minimum atomic E-state index is -3.93. The highest BCUT2D eigenvalue weighted by molar-refractivity contribution is 7.92. The van der Waals surface area contributed by atoms with Crippen molar-refractivity contribution in [1.29, 1.82) is 0 Å². The Morgan fingerprint density at radius 1 is 0.930 bits per heavy atom. The van der Waals surface area contributed by atoms with E-state index in [0.29, 0.717) is 5.75 Å². The summed E-state index contributed by atoms with van der Waals surface area (Å²) in [7, 11) is -2.38. The first-order valence-corrected chi connectivity index (χ1v) is 14.7. The lowest BCUT2D eigenvalue weighted by Gasteiger charge is -2.29. The smallest absolute Gasteiger partial charge is 0.261 e. The fourth-order valence-electron chi connectivity index (χ4n) is 4.02. The number of nitrogens with zero attached hydrogens (tertiary/aromatic N) is 2. The van der Waals surface area contributed by atoms with Crippen molar-refractivity contribution in [1.82, 2.24) is 15.2 Å². The number of ether oxygens (including phenoxy) is 2. The van der Waals surface area contributed by atoms with Gasteiger partial charge in [-0.25, -0.2) is 12.8 Å². The van der Waals surface area contributed by atoms with E-state index in [-0.39, 0.29) is 35.3 Å². The molecule has 1 heterocycles. The summed E-state index contributed by atoms with van der Waals surface area (Å²) in [5.41, 5.74) is 1.81. The van der Waals surface area contributed by atoms with Crippen LogP contribution in [0.3, 0.4) is 0 Å². The van der Waals surface area contributed by atoms with Crippen molar-refractivity contribution in [2.24, 2.45) is 0 Å². The molecule has 1 aromatic heterocycles. The molecule has 2 amide bonds. The number of pyridine rings is 1. The second-order valence-electron chi connectivity index (χ2n) is 9.50. The van der Waals surface area contributed by atoms with Crippen LogP contribution >= 0.6 is 0 Å². The SMILES string of the molecule is COc1ccc(CN(C(=O)COc2ccc(S(=O)(=O)Nc3ccc(F)cc3)cc2)[C@@H](C)C(=O)NCc2cccnc2)cc1. The number of nitrogens with one attached hydrogen (secondary N) is 2. The molecule has 0 aliphatic rings. The largest absolute Gasteiger partial charge is 0.497 e. The minimum absolute atomic E-state index is 0.0458. The summed E-state index contributed by atoms with van der Waals surface area (Å²) < 4.78 is 51.8. The van der Waals surface area contributed by atoms with E-state index >= 15 is 0 Å². The topological polar surface area (TPSA) is 127 Å². The monoisotopic (exact) mass is 606 g/mol. The van der Waals surface area contributed by atoms with Crippen LogP contribution in [0.2, 0.25) is 0 Å². The molecule has 0 fully saturated rings. The molecule has 1 atom stereocenters. The van der Waals surface area contributed by atoms with Gasteiger partial charge in [-0.1, -0.05) is 18.2 Å². The van der Waals surface area contributed by atoms with Crippen LogP contribution in [0.15, 0.2) is 102 Å². The summed E-state index contributed by atoms with van der Waals surface area (Å²) in [4.78, 5) is 31.8. The standard InChI is InChI=1S/C31H31FN4O6S/c1-22(31(38)34-19-24-4-3-17-33-18-24)36(20-23-5-11-27(41-2)12-6-23)30(37)21-42-28-13-15-29(16-14-28)43(39,40)35-26-9-7-25(32)8-10-26/h3-18,22,35H,19-21H2,1-2H3,(H,34,38)/t22-/m0/s1. The van der Waals surface area contributed by atoms with Crippen molar-refractivity contribution >= 4 is 27.5 Å². The van der Waals surface area contributed by atoms with E-state index in [1.807, 2.05) is 6.07 Å².